The van der Waals surface area contributed by atoms with Crippen LogP contribution in [0.3, 0.4) is 0 Å². The van der Waals surface area contributed by atoms with Gasteiger partial charge in [-0.05, 0) is 24.5 Å². The number of hydrogen-bond acceptors (Lipinski definition) is 2. The van der Waals surface area contributed by atoms with Gasteiger partial charge in [0.05, 0.1) is 0 Å². The topological polar surface area (TPSA) is 38.4 Å². The molecule has 0 aliphatic rings. The van der Waals surface area contributed by atoms with E-state index in [-0.39, 0.29) is 0 Å². The molecule has 0 spiro atoms. The number of aliphatic imine (C=N–C) groups is 1. The summed E-state index contributed by atoms with van der Waals surface area (Å²) in [5.74, 6) is 0. The molecule has 2 N–H and O–H groups in total. The third-order valence-electron chi connectivity index (χ3n) is 1.97. The average Bonchev–Trinajstić information content (AvgIpc) is 2.27. The Morgan fingerprint density at radius 1 is 1.47 bits per heavy atom. The van der Waals surface area contributed by atoms with Gasteiger partial charge in [-0.1, -0.05) is 38.3 Å². The van der Waals surface area contributed by atoms with Crippen LogP contribution in [0.1, 0.15) is 20.3 Å². The van der Waals surface area contributed by atoms with Gasteiger partial charge in [0.2, 0.25) is 0 Å². The molecule has 0 atom stereocenters. The molecule has 0 bridgehead atoms. The number of nitrogens with zero attached hydrogens (tertiary/aromatic N) is 1. The summed E-state index contributed by atoms with van der Waals surface area (Å²) in [6.07, 6.45) is 8.30. The van der Waals surface area contributed by atoms with Gasteiger partial charge in [-0.25, -0.2) is 0 Å². The molecule has 0 heterocycles. The summed E-state index contributed by atoms with van der Waals surface area (Å²) in [4.78, 5) is 4.23. The zero-order valence-corrected chi connectivity index (χ0v) is 9.66. The van der Waals surface area contributed by atoms with Crippen molar-refractivity contribution in [1.82, 2.24) is 0 Å². The average molecular weight is 204 g/mol. The van der Waals surface area contributed by atoms with E-state index in [2.05, 4.69) is 18.2 Å². The third-order valence-corrected chi connectivity index (χ3v) is 1.97. The maximum absolute atomic E-state index is 5.63. The summed E-state index contributed by atoms with van der Waals surface area (Å²) in [6.45, 7) is 12.0. The number of rotatable bonds is 6. The minimum absolute atomic E-state index is 0.482. The van der Waals surface area contributed by atoms with Crippen LogP contribution in [0, 0.1) is 0 Å². The highest BCUT2D eigenvalue weighted by molar-refractivity contribution is 5.84. The van der Waals surface area contributed by atoms with E-state index in [4.69, 9.17) is 5.73 Å². The van der Waals surface area contributed by atoms with E-state index in [1.54, 1.807) is 12.3 Å². The molecular weight excluding hydrogens is 184 g/mol. The molecule has 0 amide bonds. The molecule has 0 rings (SSSR count). The fraction of sp³-hybridized carbons (Fsp3) is 0.308. The van der Waals surface area contributed by atoms with Gasteiger partial charge in [-0.2, -0.15) is 0 Å². The van der Waals surface area contributed by atoms with Crippen molar-refractivity contribution in [2.75, 3.05) is 6.54 Å². The molecule has 0 saturated heterocycles. The fourth-order valence-corrected chi connectivity index (χ4v) is 1.00. The predicted octanol–water partition coefficient (Wildman–Crippen LogP) is 3.00. The molecule has 0 aromatic carbocycles. The summed E-state index contributed by atoms with van der Waals surface area (Å²) in [6, 6.07) is 0. The van der Waals surface area contributed by atoms with Crippen molar-refractivity contribution in [3.63, 3.8) is 0 Å². The highest BCUT2D eigenvalue weighted by atomic mass is 14.7. The lowest BCUT2D eigenvalue weighted by Gasteiger charge is -2.01. The molecule has 15 heavy (non-hydrogen) atoms. The van der Waals surface area contributed by atoms with Crippen molar-refractivity contribution < 1.29 is 0 Å². The van der Waals surface area contributed by atoms with Crippen molar-refractivity contribution in [3.05, 3.63) is 48.2 Å². The molecule has 2 heteroatoms. The molecule has 0 saturated carbocycles. The van der Waals surface area contributed by atoms with Crippen molar-refractivity contribution >= 4 is 6.21 Å². The predicted molar refractivity (Wildman–Crippen MR) is 69.0 cm³/mol. The Labute approximate surface area is 92.6 Å². The summed E-state index contributed by atoms with van der Waals surface area (Å²) in [5.41, 5.74) is 8.46. The van der Waals surface area contributed by atoms with E-state index in [0.29, 0.717) is 6.54 Å². The lowest BCUT2D eigenvalue weighted by molar-refractivity contribution is 1.08. The Morgan fingerprint density at radius 2 is 2.13 bits per heavy atom. The molecule has 0 radical (unpaired) electrons. The minimum Gasteiger partial charge on any atom is -0.326 e. The molecule has 0 aliphatic carbocycles. The Morgan fingerprint density at radius 3 is 2.53 bits per heavy atom. The number of nitrogens with two attached hydrogens (primary N) is 1. The quantitative estimate of drug-likeness (QED) is 0.524. The van der Waals surface area contributed by atoms with Gasteiger partial charge < -0.3 is 5.73 Å². The second-order valence-corrected chi connectivity index (χ2v) is 3.07. The van der Waals surface area contributed by atoms with Crippen LogP contribution in [0.4, 0.5) is 0 Å². The zero-order valence-electron chi connectivity index (χ0n) is 9.66. The number of allylic oxidation sites excluding steroid dienone is 4. The molecule has 0 fully saturated rings. The first kappa shape index (κ1) is 13.6. The molecular formula is C13H20N2. The second kappa shape index (κ2) is 7.94. The van der Waals surface area contributed by atoms with Gasteiger partial charge in [0, 0.05) is 18.5 Å². The van der Waals surface area contributed by atoms with Crippen LogP contribution in [0.5, 0.6) is 0 Å². The summed E-state index contributed by atoms with van der Waals surface area (Å²) in [7, 11) is 0. The Kier molecular flexibility index (Phi) is 7.20. The maximum Gasteiger partial charge on any atom is 0.0346 e. The lowest BCUT2D eigenvalue weighted by Crippen LogP contribution is -2.04. The van der Waals surface area contributed by atoms with Gasteiger partial charge in [-0.3, -0.25) is 4.99 Å². The SMILES string of the molecule is C=C/C(C=NC(=C)CC)=C(\C=C/C)CN. The van der Waals surface area contributed by atoms with E-state index in [0.717, 1.165) is 23.3 Å². The van der Waals surface area contributed by atoms with Crippen LogP contribution in [-0.2, 0) is 0 Å². The van der Waals surface area contributed by atoms with Gasteiger partial charge in [0.15, 0.2) is 0 Å². The molecule has 0 aromatic rings. The first-order chi connectivity index (χ1) is 7.19. The fourth-order valence-electron chi connectivity index (χ4n) is 1.00. The molecule has 0 unspecified atom stereocenters. The third kappa shape index (κ3) is 5.13. The van der Waals surface area contributed by atoms with Crippen LogP contribution in [-0.4, -0.2) is 12.8 Å². The van der Waals surface area contributed by atoms with Crippen molar-refractivity contribution in [3.8, 4) is 0 Å². The van der Waals surface area contributed by atoms with Crippen molar-refractivity contribution in [1.29, 1.82) is 0 Å². The largest absolute Gasteiger partial charge is 0.326 e. The van der Waals surface area contributed by atoms with Crippen LogP contribution >= 0.6 is 0 Å². The van der Waals surface area contributed by atoms with E-state index in [1.165, 1.54) is 0 Å². The standard InChI is InChI=1S/C13H20N2/c1-5-8-13(9-14)12(7-3)10-15-11(4)6-2/h5,7-8,10H,3-4,6,9,14H2,1-2H3/b8-5-,13-12-,15-10?. The summed E-state index contributed by atoms with van der Waals surface area (Å²) in [5, 5.41) is 0. The Balaban J connectivity index is 4.94. The van der Waals surface area contributed by atoms with Crippen LogP contribution < -0.4 is 5.73 Å². The van der Waals surface area contributed by atoms with Crippen molar-refractivity contribution in [2.24, 2.45) is 10.7 Å². The zero-order chi connectivity index (χ0) is 11.7. The Bertz CT molecular complexity index is 306. The Hall–Kier alpha value is -1.41. The van der Waals surface area contributed by atoms with Gasteiger partial charge >= 0.3 is 0 Å². The van der Waals surface area contributed by atoms with Gasteiger partial charge in [-0.15, -0.1) is 0 Å². The van der Waals surface area contributed by atoms with E-state index < -0.39 is 0 Å². The van der Waals surface area contributed by atoms with E-state index in [1.807, 2.05) is 26.0 Å². The second-order valence-electron chi connectivity index (χ2n) is 3.07. The maximum atomic E-state index is 5.63. The van der Waals surface area contributed by atoms with Crippen LogP contribution in [0.25, 0.3) is 0 Å². The molecule has 2 nitrogen and oxygen atoms in total. The first-order valence-corrected chi connectivity index (χ1v) is 5.09. The summed E-state index contributed by atoms with van der Waals surface area (Å²) >= 11 is 0. The van der Waals surface area contributed by atoms with Crippen LogP contribution in [0.2, 0.25) is 0 Å². The smallest absolute Gasteiger partial charge is 0.0346 e. The highest BCUT2D eigenvalue weighted by Gasteiger charge is 1.95. The first-order valence-electron chi connectivity index (χ1n) is 5.09. The van der Waals surface area contributed by atoms with Gasteiger partial charge in [0.1, 0.15) is 0 Å². The normalized spacial score (nSPS) is 13.3. The highest BCUT2D eigenvalue weighted by Crippen LogP contribution is 2.06. The monoisotopic (exact) mass is 204 g/mol. The molecule has 0 aliphatic heterocycles. The van der Waals surface area contributed by atoms with E-state index in [9.17, 15) is 0 Å². The molecule has 82 valence electrons. The van der Waals surface area contributed by atoms with Crippen molar-refractivity contribution in [2.45, 2.75) is 20.3 Å². The summed E-state index contributed by atoms with van der Waals surface area (Å²) < 4.78 is 0. The molecule has 0 aromatic heterocycles. The van der Waals surface area contributed by atoms with E-state index >= 15 is 0 Å². The lowest BCUT2D eigenvalue weighted by atomic mass is 10.1. The minimum atomic E-state index is 0.482. The van der Waals surface area contributed by atoms with Crippen LogP contribution in [0.15, 0.2) is 53.2 Å². The van der Waals surface area contributed by atoms with Gasteiger partial charge in [0.25, 0.3) is 0 Å². The number of hydrogen-bond donors (Lipinski definition) is 1.